The molecule has 0 saturated carbocycles. The molecule has 1 aliphatic rings. The predicted molar refractivity (Wildman–Crippen MR) is 111 cm³/mol. The Hall–Kier alpha value is -2.31. The van der Waals surface area contributed by atoms with Crippen molar-refractivity contribution in [1.29, 1.82) is 0 Å². The Morgan fingerprint density at radius 2 is 1.82 bits per heavy atom. The molecule has 6 heteroatoms. The highest BCUT2D eigenvalue weighted by Gasteiger charge is 2.42. The van der Waals surface area contributed by atoms with E-state index in [0.29, 0.717) is 6.61 Å². The number of benzene rings is 2. The number of rotatable bonds is 6. The molecule has 0 atom stereocenters. The van der Waals surface area contributed by atoms with Gasteiger partial charge >= 0.3 is 5.97 Å². The smallest absolute Gasteiger partial charge is 0.312 e. The van der Waals surface area contributed by atoms with Crippen LogP contribution in [0.4, 0.5) is 0 Å². The number of piperidine rings is 1. The summed E-state index contributed by atoms with van der Waals surface area (Å²) in [6.07, 6.45) is 2.39. The maximum Gasteiger partial charge on any atom is 0.312 e. The second-order valence-electron chi connectivity index (χ2n) is 7.53. The average Bonchev–Trinajstić information content (AvgIpc) is 3.18. The Labute approximate surface area is 169 Å². The van der Waals surface area contributed by atoms with Gasteiger partial charge in [0, 0.05) is 6.54 Å². The second kappa shape index (κ2) is 8.37. The molecular formula is C22H25N3O2S. The Balaban J connectivity index is 1.45. The Kier molecular flexibility index (Phi) is 5.69. The topological polar surface area (TPSA) is 55.3 Å². The Morgan fingerprint density at radius 1 is 1.07 bits per heavy atom. The predicted octanol–water partition coefficient (Wildman–Crippen LogP) is 4.08. The monoisotopic (exact) mass is 395 g/mol. The van der Waals surface area contributed by atoms with Gasteiger partial charge in [-0.2, -0.15) is 8.75 Å². The number of hydrogen-bond donors (Lipinski definition) is 0. The van der Waals surface area contributed by atoms with Gasteiger partial charge in [0.05, 0.1) is 23.8 Å². The van der Waals surface area contributed by atoms with Crippen LogP contribution < -0.4 is 0 Å². The maximum atomic E-state index is 12.9. The van der Waals surface area contributed by atoms with Gasteiger partial charge in [0.25, 0.3) is 0 Å². The van der Waals surface area contributed by atoms with Gasteiger partial charge in [0.2, 0.25) is 0 Å². The summed E-state index contributed by atoms with van der Waals surface area (Å²) in [5, 5.41) is 0. The van der Waals surface area contributed by atoms with Crippen molar-refractivity contribution < 1.29 is 9.53 Å². The van der Waals surface area contributed by atoms with Gasteiger partial charge in [-0.3, -0.25) is 9.69 Å². The number of aromatic nitrogens is 2. The number of carbonyl (C=O) groups is 1. The molecular weight excluding hydrogens is 370 g/mol. The molecule has 0 bridgehead atoms. The Bertz CT molecular complexity index is 933. The van der Waals surface area contributed by atoms with Gasteiger partial charge < -0.3 is 4.74 Å². The van der Waals surface area contributed by atoms with E-state index in [-0.39, 0.29) is 5.97 Å². The van der Waals surface area contributed by atoms with Crippen molar-refractivity contribution in [3.63, 3.8) is 0 Å². The first-order valence-corrected chi connectivity index (χ1v) is 10.6. The van der Waals surface area contributed by atoms with Crippen LogP contribution in [0.5, 0.6) is 0 Å². The minimum Gasteiger partial charge on any atom is -0.466 e. The largest absolute Gasteiger partial charge is 0.466 e. The number of ether oxygens (including phenoxy) is 1. The molecule has 1 aliphatic heterocycles. The summed E-state index contributed by atoms with van der Waals surface area (Å²) in [6.45, 7) is 4.96. The fourth-order valence-electron chi connectivity index (χ4n) is 4.05. The highest BCUT2D eigenvalue weighted by atomic mass is 32.1. The third-order valence-corrected chi connectivity index (χ3v) is 6.19. The van der Waals surface area contributed by atoms with Crippen LogP contribution in [0.3, 0.4) is 0 Å². The van der Waals surface area contributed by atoms with E-state index in [2.05, 4.69) is 37.9 Å². The maximum absolute atomic E-state index is 12.9. The molecule has 5 nitrogen and oxygen atoms in total. The summed E-state index contributed by atoms with van der Waals surface area (Å²) in [6, 6.07) is 16.6. The number of esters is 1. The summed E-state index contributed by atoms with van der Waals surface area (Å²) < 4.78 is 14.1. The molecule has 0 amide bonds. The fourth-order valence-corrected chi connectivity index (χ4v) is 4.56. The van der Waals surface area contributed by atoms with E-state index < -0.39 is 5.41 Å². The zero-order valence-electron chi connectivity index (χ0n) is 16.1. The first-order chi connectivity index (χ1) is 13.7. The van der Waals surface area contributed by atoms with Crippen molar-refractivity contribution in [2.45, 2.75) is 32.7 Å². The number of nitrogens with zero attached hydrogens (tertiary/aromatic N) is 3. The standard InChI is InChI=1S/C22H25N3O2S/c1-2-27-21(26)22(15-17-6-4-3-5-7-17)10-12-25(13-11-22)16-18-8-9-19-20(14-18)24-28-23-19/h3-9,14H,2,10-13,15-16H2,1H3. The van der Waals surface area contributed by atoms with E-state index in [9.17, 15) is 4.79 Å². The first-order valence-electron chi connectivity index (χ1n) is 9.83. The van der Waals surface area contributed by atoms with Crippen molar-refractivity contribution in [2.75, 3.05) is 19.7 Å². The van der Waals surface area contributed by atoms with Crippen LogP contribution in [0, 0.1) is 5.41 Å². The second-order valence-corrected chi connectivity index (χ2v) is 8.06. The summed E-state index contributed by atoms with van der Waals surface area (Å²) >= 11 is 1.25. The first kappa shape index (κ1) is 19.0. The average molecular weight is 396 g/mol. The lowest BCUT2D eigenvalue weighted by Gasteiger charge is -2.40. The van der Waals surface area contributed by atoms with Crippen molar-refractivity contribution in [3.05, 3.63) is 59.7 Å². The Morgan fingerprint density at radius 3 is 2.57 bits per heavy atom. The van der Waals surface area contributed by atoms with E-state index in [1.54, 1.807) is 0 Å². The molecule has 0 spiro atoms. The number of fused-ring (bicyclic) bond motifs is 1. The highest BCUT2D eigenvalue weighted by molar-refractivity contribution is 7.00. The van der Waals surface area contributed by atoms with Crippen LogP contribution in [0.2, 0.25) is 0 Å². The lowest BCUT2D eigenvalue weighted by Crippen LogP contribution is -2.46. The van der Waals surface area contributed by atoms with Gasteiger partial charge in [-0.25, -0.2) is 0 Å². The van der Waals surface area contributed by atoms with Crippen LogP contribution in [-0.4, -0.2) is 39.3 Å². The SMILES string of the molecule is CCOC(=O)C1(Cc2ccccc2)CCN(Cc2ccc3nsnc3c2)CC1. The normalized spacial score (nSPS) is 16.9. The highest BCUT2D eigenvalue weighted by Crippen LogP contribution is 2.37. The van der Waals surface area contributed by atoms with Crippen LogP contribution >= 0.6 is 11.7 Å². The van der Waals surface area contributed by atoms with Crippen LogP contribution in [0.25, 0.3) is 11.0 Å². The molecule has 4 rings (SSSR count). The lowest BCUT2D eigenvalue weighted by molar-refractivity contribution is -0.158. The van der Waals surface area contributed by atoms with Gasteiger partial charge in [-0.05, 0) is 62.5 Å². The van der Waals surface area contributed by atoms with Gasteiger partial charge in [-0.15, -0.1) is 0 Å². The molecule has 1 aromatic heterocycles. The van der Waals surface area contributed by atoms with E-state index in [4.69, 9.17) is 4.74 Å². The molecule has 28 heavy (non-hydrogen) atoms. The third kappa shape index (κ3) is 4.08. The van der Waals surface area contributed by atoms with E-state index in [0.717, 1.165) is 49.9 Å². The molecule has 2 aromatic carbocycles. The van der Waals surface area contributed by atoms with Crippen molar-refractivity contribution in [2.24, 2.45) is 5.41 Å². The molecule has 0 radical (unpaired) electrons. The van der Waals surface area contributed by atoms with Gasteiger partial charge in [0.1, 0.15) is 11.0 Å². The zero-order chi connectivity index (χ0) is 19.4. The molecule has 146 valence electrons. The lowest BCUT2D eigenvalue weighted by atomic mass is 9.73. The van der Waals surface area contributed by atoms with Gasteiger partial charge in [-0.1, -0.05) is 36.4 Å². The van der Waals surface area contributed by atoms with Crippen LogP contribution in [0.1, 0.15) is 30.9 Å². The van der Waals surface area contributed by atoms with Crippen LogP contribution in [-0.2, 0) is 22.5 Å². The number of carbonyl (C=O) groups excluding carboxylic acids is 1. The van der Waals surface area contributed by atoms with E-state index in [1.807, 2.05) is 31.2 Å². The molecule has 1 saturated heterocycles. The van der Waals surface area contributed by atoms with E-state index >= 15 is 0 Å². The number of hydrogen-bond acceptors (Lipinski definition) is 6. The van der Waals surface area contributed by atoms with Crippen molar-refractivity contribution >= 4 is 28.7 Å². The summed E-state index contributed by atoms with van der Waals surface area (Å²) in [7, 11) is 0. The quantitative estimate of drug-likeness (QED) is 0.589. The third-order valence-electron chi connectivity index (χ3n) is 5.63. The summed E-state index contributed by atoms with van der Waals surface area (Å²) in [5.41, 5.74) is 3.94. The van der Waals surface area contributed by atoms with Crippen molar-refractivity contribution in [1.82, 2.24) is 13.6 Å². The molecule has 0 unspecified atom stereocenters. The fraction of sp³-hybridized carbons (Fsp3) is 0.409. The summed E-state index contributed by atoms with van der Waals surface area (Å²) in [4.78, 5) is 15.3. The van der Waals surface area contributed by atoms with Crippen LogP contribution in [0.15, 0.2) is 48.5 Å². The minimum absolute atomic E-state index is 0.0477. The van der Waals surface area contributed by atoms with E-state index in [1.165, 1.54) is 22.9 Å². The van der Waals surface area contributed by atoms with Gasteiger partial charge in [0.15, 0.2) is 0 Å². The molecule has 3 aromatic rings. The summed E-state index contributed by atoms with van der Waals surface area (Å²) in [5.74, 6) is -0.0477. The molecule has 0 aliphatic carbocycles. The zero-order valence-corrected chi connectivity index (χ0v) is 17.0. The molecule has 1 fully saturated rings. The molecule has 2 heterocycles. The molecule has 0 N–H and O–H groups in total. The number of likely N-dealkylation sites (tertiary alicyclic amines) is 1. The van der Waals surface area contributed by atoms with Crippen molar-refractivity contribution in [3.8, 4) is 0 Å². The minimum atomic E-state index is -0.420.